The van der Waals surface area contributed by atoms with Crippen LogP contribution in [0.1, 0.15) is 10.4 Å². The molecular formula is C27H25N3O2S. The van der Waals surface area contributed by atoms with Gasteiger partial charge in [-0.3, -0.25) is 14.5 Å². The summed E-state index contributed by atoms with van der Waals surface area (Å²) >= 11 is 1.70. The standard InChI is InChI=1S/C27H25N3O2S/c31-26-18-29(16-22-14-20-7-2-4-11-25(20)33-22)27(32)24-17-28(12-13-30(24)26)15-21-9-5-8-19-6-1-3-10-23(19)21/h1-11,14,24H,12-13,15-18H2. The first-order chi connectivity index (χ1) is 16.2. The molecule has 0 bridgehead atoms. The van der Waals surface area contributed by atoms with E-state index in [9.17, 15) is 9.59 Å². The highest BCUT2D eigenvalue weighted by atomic mass is 32.1. The zero-order chi connectivity index (χ0) is 22.4. The summed E-state index contributed by atoms with van der Waals surface area (Å²) in [6.45, 7) is 3.43. The molecule has 0 radical (unpaired) electrons. The van der Waals surface area contributed by atoms with E-state index in [2.05, 4.69) is 65.6 Å². The highest BCUT2D eigenvalue weighted by molar-refractivity contribution is 7.19. The molecule has 4 aromatic rings. The maximum Gasteiger partial charge on any atom is 0.247 e. The Hall–Kier alpha value is -3.22. The van der Waals surface area contributed by atoms with Gasteiger partial charge in [-0.1, -0.05) is 60.7 Å². The van der Waals surface area contributed by atoms with Gasteiger partial charge in [-0.05, 0) is 33.9 Å². The zero-order valence-electron chi connectivity index (χ0n) is 18.3. The molecule has 0 spiro atoms. The van der Waals surface area contributed by atoms with E-state index >= 15 is 0 Å². The molecule has 2 amide bonds. The number of thiophene rings is 1. The number of piperazine rings is 2. The summed E-state index contributed by atoms with van der Waals surface area (Å²) in [6.07, 6.45) is 0. The quantitative estimate of drug-likeness (QED) is 0.465. The van der Waals surface area contributed by atoms with Crippen LogP contribution in [0.5, 0.6) is 0 Å². The number of hydrogen-bond acceptors (Lipinski definition) is 4. The fourth-order valence-corrected chi connectivity index (χ4v) is 6.22. The van der Waals surface area contributed by atoms with Crippen molar-refractivity contribution in [3.8, 4) is 0 Å². The summed E-state index contributed by atoms with van der Waals surface area (Å²) < 4.78 is 1.21. The highest BCUT2D eigenvalue weighted by Crippen LogP contribution is 2.28. The molecule has 1 atom stereocenters. The minimum absolute atomic E-state index is 0.0607. The van der Waals surface area contributed by atoms with Crippen LogP contribution >= 0.6 is 11.3 Å². The van der Waals surface area contributed by atoms with Crippen molar-refractivity contribution in [2.45, 2.75) is 19.1 Å². The smallest absolute Gasteiger partial charge is 0.247 e. The molecule has 0 aliphatic carbocycles. The first kappa shape index (κ1) is 20.4. The van der Waals surface area contributed by atoms with E-state index < -0.39 is 6.04 Å². The Morgan fingerprint density at radius 1 is 0.848 bits per heavy atom. The molecular weight excluding hydrogens is 430 g/mol. The van der Waals surface area contributed by atoms with Gasteiger partial charge in [0.05, 0.1) is 6.54 Å². The summed E-state index contributed by atoms with van der Waals surface area (Å²) in [7, 11) is 0. The molecule has 1 aromatic heterocycles. The lowest BCUT2D eigenvalue weighted by Gasteiger charge is -2.46. The monoisotopic (exact) mass is 455 g/mol. The minimum atomic E-state index is -0.399. The van der Waals surface area contributed by atoms with Crippen molar-refractivity contribution in [1.29, 1.82) is 0 Å². The van der Waals surface area contributed by atoms with Gasteiger partial charge in [0.2, 0.25) is 11.8 Å². The lowest BCUT2D eigenvalue weighted by molar-refractivity contribution is -0.160. The van der Waals surface area contributed by atoms with E-state index in [1.165, 1.54) is 26.4 Å². The molecule has 2 aliphatic heterocycles. The van der Waals surface area contributed by atoms with Gasteiger partial charge >= 0.3 is 0 Å². The van der Waals surface area contributed by atoms with Crippen molar-refractivity contribution in [3.05, 3.63) is 83.2 Å². The summed E-state index contributed by atoms with van der Waals surface area (Å²) in [4.78, 5) is 33.3. The zero-order valence-corrected chi connectivity index (χ0v) is 19.1. The molecule has 2 saturated heterocycles. The van der Waals surface area contributed by atoms with Crippen LogP contribution in [0.2, 0.25) is 0 Å². The van der Waals surface area contributed by atoms with Crippen LogP contribution in [-0.2, 0) is 22.7 Å². The van der Waals surface area contributed by atoms with E-state index in [1.54, 1.807) is 21.1 Å². The van der Waals surface area contributed by atoms with Crippen LogP contribution in [0.15, 0.2) is 72.8 Å². The van der Waals surface area contributed by atoms with Gasteiger partial charge < -0.3 is 9.80 Å². The van der Waals surface area contributed by atoms with Gasteiger partial charge in [0.25, 0.3) is 0 Å². The fraction of sp³-hybridized carbons (Fsp3) is 0.259. The van der Waals surface area contributed by atoms with Crippen molar-refractivity contribution in [2.75, 3.05) is 26.2 Å². The number of rotatable bonds is 4. The predicted octanol–water partition coefficient (Wildman–Crippen LogP) is 4.11. The summed E-state index contributed by atoms with van der Waals surface area (Å²) in [5.74, 6) is 0.125. The molecule has 3 heterocycles. The molecule has 0 saturated carbocycles. The van der Waals surface area contributed by atoms with Crippen LogP contribution in [0.4, 0.5) is 0 Å². The fourth-order valence-electron chi connectivity index (χ4n) is 5.14. The number of amides is 2. The molecule has 2 fully saturated rings. The van der Waals surface area contributed by atoms with Crippen LogP contribution in [-0.4, -0.2) is 58.7 Å². The Kier molecular flexibility index (Phi) is 5.12. The first-order valence-electron chi connectivity index (χ1n) is 11.4. The van der Waals surface area contributed by atoms with E-state index in [1.807, 2.05) is 12.1 Å². The summed E-state index contributed by atoms with van der Waals surface area (Å²) in [6, 6.07) is 24.8. The second kappa shape index (κ2) is 8.28. The number of carbonyl (C=O) groups is 2. The van der Waals surface area contributed by atoms with Crippen molar-refractivity contribution in [3.63, 3.8) is 0 Å². The number of carbonyl (C=O) groups excluding carboxylic acids is 2. The van der Waals surface area contributed by atoms with Crippen molar-refractivity contribution >= 4 is 44.0 Å². The minimum Gasteiger partial charge on any atom is -0.327 e. The Morgan fingerprint density at radius 2 is 1.64 bits per heavy atom. The summed E-state index contributed by atoms with van der Waals surface area (Å²) in [5, 5.41) is 3.67. The Morgan fingerprint density at radius 3 is 2.52 bits per heavy atom. The number of fused-ring (bicyclic) bond motifs is 3. The van der Waals surface area contributed by atoms with Crippen LogP contribution in [0.25, 0.3) is 20.9 Å². The van der Waals surface area contributed by atoms with E-state index in [4.69, 9.17) is 0 Å². The molecule has 3 aromatic carbocycles. The van der Waals surface area contributed by atoms with E-state index in [-0.39, 0.29) is 18.4 Å². The molecule has 6 heteroatoms. The second-order valence-corrected chi connectivity index (χ2v) is 10.1. The molecule has 2 aliphatic rings. The number of nitrogens with zero attached hydrogens (tertiary/aromatic N) is 3. The van der Waals surface area contributed by atoms with Crippen molar-refractivity contribution in [2.24, 2.45) is 0 Å². The van der Waals surface area contributed by atoms with Gasteiger partial charge in [0, 0.05) is 35.8 Å². The predicted molar refractivity (Wildman–Crippen MR) is 132 cm³/mol. The lowest BCUT2D eigenvalue weighted by Crippen LogP contribution is -2.66. The molecule has 166 valence electrons. The van der Waals surface area contributed by atoms with Crippen LogP contribution in [0.3, 0.4) is 0 Å². The average Bonchev–Trinajstić information content (AvgIpc) is 3.25. The Labute approximate surface area is 196 Å². The average molecular weight is 456 g/mol. The molecule has 5 nitrogen and oxygen atoms in total. The third-order valence-corrected chi connectivity index (χ3v) is 7.91. The second-order valence-electron chi connectivity index (χ2n) is 8.92. The Balaban J connectivity index is 1.20. The molecule has 6 rings (SSSR count). The molecule has 0 N–H and O–H groups in total. The normalized spacial score (nSPS) is 19.5. The Bertz CT molecular complexity index is 1330. The number of benzene rings is 3. The maximum absolute atomic E-state index is 13.4. The highest BCUT2D eigenvalue weighted by Gasteiger charge is 2.42. The van der Waals surface area contributed by atoms with Crippen LogP contribution < -0.4 is 0 Å². The largest absolute Gasteiger partial charge is 0.327 e. The third-order valence-electron chi connectivity index (χ3n) is 6.80. The van der Waals surface area contributed by atoms with Gasteiger partial charge in [-0.25, -0.2) is 0 Å². The molecule has 33 heavy (non-hydrogen) atoms. The van der Waals surface area contributed by atoms with E-state index in [0.29, 0.717) is 19.6 Å². The van der Waals surface area contributed by atoms with Gasteiger partial charge in [-0.2, -0.15) is 0 Å². The van der Waals surface area contributed by atoms with Crippen molar-refractivity contribution < 1.29 is 9.59 Å². The van der Waals surface area contributed by atoms with E-state index in [0.717, 1.165) is 18.0 Å². The van der Waals surface area contributed by atoms with Gasteiger partial charge in [0.1, 0.15) is 12.6 Å². The summed E-state index contributed by atoms with van der Waals surface area (Å²) in [5.41, 5.74) is 1.26. The van der Waals surface area contributed by atoms with Gasteiger partial charge in [0.15, 0.2) is 0 Å². The first-order valence-corrected chi connectivity index (χ1v) is 12.2. The topological polar surface area (TPSA) is 43.9 Å². The lowest BCUT2D eigenvalue weighted by atomic mass is 10.0. The SMILES string of the molecule is O=C1C2CN(Cc3cccc4ccccc34)CCN2C(=O)CN1Cc1cc2ccccc2s1. The maximum atomic E-state index is 13.4. The number of hydrogen-bond donors (Lipinski definition) is 0. The molecule has 1 unspecified atom stereocenters. The van der Waals surface area contributed by atoms with Gasteiger partial charge in [-0.15, -0.1) is 11.3 Å². The van der Waals surface area contributed by atoms with Crippen LogP contribution in [0, 0.1) is 0 Å². The third kappa shape index (κ3) is 3.79. The van der Waals surface area contributed by atoms with Crippen molar-refractivity contribution in [1.82, 2.24) is 14.7 Å².